The van der Waals surface area contributed by atoms with Crippen LogP contribution in [-0.4, -0.2) is 61.7 Å². The maximum Gasteiger partial charge on any atom is 0.261 e. The molecule has 0 radical (unpaired) electrons. The highest BCUT2D eigenvalue weighted by molar-refractivity contribution is 7.93. The number of Topliss-reactive ketones (excluding diaryl/α,β-unsaturated/α-hetero) is 1. The highest BCUT2D eigenvalue weighted by Gasteiger charge is 2.28. The molecule has 12 rings (SSSR count). The number of allylic oxidation sites excluding steroid dienone is 2. The molecule has 12 aromatic rings. The Kier molecular flexibility index (Phi) is 16.5. The summed E-state index contributed by atoms with van der Waals surface area (Å²) in [6.45, 7) is 1.10. The molecule has 8 aromatic carbocycles. The summed E-state index contributed by atoms with van der Waals surface area (Å²) in [4.78, 5) is 42.2. The van der Waals surface area contributed by atoms with Crippen molar-refractivity contribution < 1.29 is 39.9 Å². The maximum atomic E-state index is 15.6. The fourth-order valence-corrected chi connectivity index (χ4v) is 11.8. The maximum absolute atomic E-state index is 15.6. The Balaban J connectivity index is 0.848. The number of halogens is 2. The molecule has 17 nitrogen and oxygen atoms in total. The topological polar surface area (TPSA) is 215 Å². The van der Waals surface area contributed by atoms with Crippen LogP contribution in [0.3, 0.4) is 0 Å². The van der Waals surface area contributed by atoms with Crippen molar-refractivity contribution in [3.8, 4) is 23.3 Å². The standard InChI is InChI=1S/C67H50F2N10O7S2/c68-51-21-33-57(34-22-51)87(81,82)76-53-25-17-49(18-26-53)59(37-15-45-11-29-55(30-12-45)85-66-61-64(70-41-72-66)78(43-74-61)39-47-7-3-1-4-8-47)63(80)60(50-19-27-54(28-20-50)77-88(83,84)58-35-23-52(69)24-36-58)38-16-46-13-31-56(32-14-46)86-67-62-65(71-42-73-67)79(44-75-62)40-48-9-5-2-6-10-48/h1-38,41-44,59-60,76-77H,39-40H2/b37-15+,38-16+. The Morgan fingerprint density at radius 2 is 0.830 bits per heavy atom. The van der Waals surface area contributed by atoms with Crippen molar-refractivity contribution in [2.24, 2.45) is 0 Å². The van der Waals surface area contributed by atoms with Crippen LogP contribution in [0.5, 0.6) is 23.3 Å². The van der Waals surface area contributed by atoms with Crippen LogP contribution in [0.15, 0.2) is 254 Å². The SMILES string of the molecule is O=C(C(/C=C/c1ccc(Oc2ncnc3c2ncn3Cc2ccccc2)cc1)c1ccc(NS(=O)(=O)c2ccc(F)cc2)cc1)C(/C=C/c1ccc(Oc2ncnc3c2ncn3Cc2ccccc2)cc1)c1ccc(NS(=O)(=O)c2ccc(F)cc2)cc1. The van der Waals surface area contributed by atoms with E-state index in [0.717, 1.165) is 59.7 Å². The molecule has 0 amide bonds. The monoisotopic (exact) mass is 1210 g/mol. The smallest absolute Gasteiger partial charge is 0.261 e. The number of imidazole rings is 2. The molecule has 4 aromatic heterocycles. The van der Waals surface area contributed by atoms with E-state index in [1.54, 1.807) is 85.5 Å². The molecule has 436 valence electrons. The fourth-order valence-electron chi connectivity index (χ4n) is 9.70. The van der Waals surface area contributed by atoms with Gasteiger partial charge in [-0.2, -0.15) is 9.97 Å². The normalized spacial score (nSPS) is 12.6. The van der Waals surface area contributed by atoms with Gasteiger partial charge in [0.25, 0.3) is 31.8 Å². The van der Waals surface area contributed by atoms with Crippen molar-refractivity contribution in [2.75, 3.05) is 9.44 Å². The van der Waals surface area contributed by atoms with Crippen molar-refractivity contribution in [2.45, 2.75) is 34.7 Å². The lowest BCUT2D eigenvalue weighted by Crippen LogP contribution is -2.19. The number of fused-ring (bicyclic) bond motifs is 2. The fraction of sp³-hybridized carbons (Fsp3) is 0.0597. The molecule has 88 heavy (non-hydrogen) atoms. The van der Waals surface area contributed by atoms with Gasteiger partial charge >= 0.3 is 0 Å². The van der Waals surface area contributed by atoms with Crippen LogP contribution in [0.25, 0.3) is 34.5 Å². The summed E-state index contributed by atoms with van der Waals surface area (Å²) in [7, 11) is -8.25. The number of carbonyl (C=O) groups excluding carboxylic acids is 1. The summed E-state index contributed by atoms with van der Waals surface area (Å²) >= 11 is 0. The van der Waals surface area contributed by atoms with Gasteiger partial charge < -0.3 is 18.6 Å². The van der Waals surface area contributed by atoms with Crippen molar-refractivity contribution in [3.05, 3.63) is 289 Å². The van der Waals surface area contributed by atoms with Gasteiger partial charge in [0, 0.05) is 11.4 Å². The third-order valence-electron chi connectivity index (χ3n) is 14.2. The Hall–Kier alpha value is -11.0. The Morgan fingerprint density at radius 1 is 0.455 bits per heavy atom. The van der Waals surface area contributed by atoms with Gasteiger partial charge in [-0.1, -0.05) is 133 Å². The van der Waals surface area contributed by atoms with Gasteiger partial charge in [-0.15, -0.1) is 0 Å². The number of hydrogen-bond donors (Lipinski definition) is 2. The minimum atomic E-state index is -4.13. The third kappa shape index (κ3) is 13.4. The van der Waals surface area contributed by atoms with E-state index in [1.807, 2.05) is 94.1 Å². The van der Waals surface area contributed by atoms with Crippen LogP contribution in [0.1, 0.15) is 45.2 Å². The molecule has 0 saturated carbocycles. The first-order chi connectivity index (χ1) is 42.8. The van der Waals surface area contributed by atoms with Crippen LogP contribution in [-0.2, 0) is 37.9 Å². The largest absolute Gasteiger partial charge is 0.437 e. The first kappa shape index (κ1) is 57.4. The number of aromatic nitrogens is 8. The van der Waals surface area contributed by atoms with Gasteiger partial charge in [-0.05, 0) is 130 Å². The molecular formula is C67H50F2N10O7S2. The summed E-state index contributed by atoms with van der Waals surface area (Å²) in [5, 5.41) is 0. The molecule has 0 aliphatic rings. The lowest BCUT2D eigenvalue weighted by Gasteiger charge is -2.20. The number of anilines is 2. The quantitative estimate of drug-likeness (QED) is 0.0647. The Morgan fingerprint density at radius 3 is 1.20 bits per heavy atom. The minimum absolute atomic E-state index is 0.147. The Bertz CT molecular complexity index is 4430. The van der Waals surface area contributed by atoms with Crippen LogP contribution >= 0.6 is 0 Å². The highest BCUT2D eigenvalue weighted by atomic mass is 32.2. The average molecular weight is 1210 g/mol. The van der Waals surface area contributed by atoms with Gasteiger partial charge in [0.15, 0.2) is 28.1 Å². The molecular weight excluding hydrogens is 1160 g/mol. The van der Waals surface area contributed by atoms with Crippen LogP contribution in [0.2, 0.25) is 0 Å². The molecule has 0 fully saturated rings. The second kappa shape index (κ2) is 25.3. The van der Waals surface area contributed by atoms with E-state index in [1.165, 1.54) is 36.9 Å². The number of hydrogen-bond acceptors (Lipinski definition) is 13. The second-order valence-corrected chi connectivity index (χ2v) is 23.6. The van der Waals surface area contributed by atoms with Gasteiger partial charge in [-0.3, -0.25) is 14.2 Å². The predicted octanol–water partition coefficient (Wildman–Crippen LogP) is 13.4. The number of nitrogens with one attached hydrogen (secondary N) is 2. The molecule has 4 heterocycles. The zero-order valence-corrected chi connectivity index (χ0v) is 48.0. The molecule has 0 saturated heterocycles. The summed E-state index contributed by atoms with van der Waals surface area (Å²) < 4.78 is 102. The highest BCUT2D eigenvalue weighted by Crippen LogP contribution is 2.34. The molecule has 0 bridgehead atoms. The van der Waals surface area contributed by atoms with Gasteiger partial charge in [0.1, 0.15) is 35.8 Å². The zero-order chi connectivity index (χ0) is 60.6. The van der Waals surface area contributed by atoms with Gasteiger partial charge in [0.2, 0.25) is 0 Å². The number of benzene rings is 8. The van der Waals surface area contributed by atoms with E-state index in [4.69, 9.17) is 9.47 Å². The molecule has 2 N–H and O–H groups in total. The van der Waals surface area contributed by atoms with Crippen molar-refractivity contribution in [3.63, 3.8) is 0 Å². The average Bonchev–Trinajstić information content (AvgIpc) is 2.40. The van der Waals surface area contributed by atoms with Crippen molar-refractivity contribution in [1.82, 2.24) is 39.0 Å². The first-order valence-corrected chi connectivity index (χ1v) is 30.4. The molecule has 0 spiro atoms. The summed E-state index contributed by atoms with van der Waals surface area (Å²) in [6.07, 6.45) is 13.3. The zero-order valence-electron chi connectivity index (χ0n) is 46.3. The van der Waals surface area contributed by atoms with E-state index in [9.17, 15) is 25.6 Å². The predicted molar refractivity (Wildman–Crippen MR) is 331 cm³/mol. The van der Waals surface area contributed by atoms with E-state index in [-0.39, 0.29) is 38.7 Å². The lowest BCUT2D eigenvalue weighted by molar-refractivity contribution is -0.120. The van der Waals surface area contributed by atoms with E-state index < -0.39 is 43.5 Å². The first-order valence-electron chi connectivity index (χ1n) is 27.4. The summed E-state index contributed by atoms with van der Waals surface area (Å²) in [5.74, 6) is -2.00. The number of nitrogens with zero attached hydrogens (tertiary/aromatic N) is 8. The number of rotatable bonds is 22. The van der Waals surface area contributed by atoms with Crippen molar-refractivity contribution in [1.29, 1.82) is 0 Å². The second-order valence-electron chi connectivity index (χ2n) is 20.2. The molecule has 0 aliphatic heterocycles. The third-order valence-corrected chi connectivity index (χ3v) is 17.0. The number of ketones is 1. The van der Waals surface area contributed by atoms with Gasteiger partial charge in [-0.25, -0.2) is 45.6 Å². The van der Waals surface area contributed by atoms with Gasteiger partial charge in [0.05, 0.1) is 47.4 Å². The number of ether oxygens (including phenoxy) is 2. The van der Waals surface area contributed by atoms with E-state index in [2.05, 4.69) is 39.3 Å². The number of sulfonamides is 2. The molecule has 21 heteroatoms. The lowest BCUT2D eigenvalue weighted by atomic mass is 9.82. The summed E-state index contributed by atoms with van der Waals surface area (Å²) in [6, 6.07) is 55.7. The number of carbonyl (C=O) groups is 1. The molecule has 2 atom stereocenters. The van der Waals surface area contributed by atoms with Crippen LogP contribution < -0.4 is 18.9 Å². The van der Waals surface area contributed by atoms with Crippen LogP contribution in [0.4, 0.5) is 20.2 Å². The molecule has 2 unspecified atom stereocenters. The Labute approximate surface area is 504 Å². The van der Waals surface area contributed by atoms with E-state index >= 15 is 4.79 Å². The molecule has 0 aliphatic carbocycles. The van der Waals surface area contributed by atoms with E-state index in [0.29, 0.717) is 69.2 Å². The summed E-state index contributed by atoms with van der Waals surface area (Å²) in [5.41, 5.74) is 7.09. The van der Waals surface area contributed by atoms with Crippen LogP contribution in [0, 0.1) is 11.6 Å². The minimum Gasteiger partial charge on any atom is -0.437 e. The van der Waals surface area contributed by atoms with Crippen molar-refractivity contribution >= 4 is 71.7 Å².